The lowest BCUT2D eigenvalue weighted by molar-refractivity contribution is -0.0440. The van der Waals surface area contributed by atoms with Crippen LogP contribution >= 0.6 is 0 Å². The molecule has 1 aromatic rings. The third-order valence-corrected chi connectivity index (χ3v) is 5.92. The maximum atomic E-state index is 12.7. The first kappa shape index (κ1) is 14.0. The molecule has 0 radical (unpaired) electrons. The number of fused-ring (bicyclic) bond motifs is 1. The zero-order valence-corrected chi connectivity index (χ0v) is 12.8. The first-order chi connectivity index (χ1) is 9.46. The summed E-state index contributed by atoms with van der Waals surface area (Å²) in [6.45, 7) is 4.70. The average molecular weight is 295 g/mol. The van der Waals surface area contributed by atoms with Crippen molar-refractivity contribution in [1.82, 2.24) is 4.31 Å². The Bertz CT molecular complexity index is 602. The Kier molecular flexibility index (Phi) is 3.60. The molecule has 1 aliphatic heterocycles. The molecule has 1 aromatic carbocycles. The van der Waals surface area contributed by atoms with E-state index in [1.165, 1.54) is 11.1 Å². The molecule has 5 heteroatoms. The predicted octanol–water partition coefficient (Wildman–Crippen LogP) is 1.97. The van der Waals surface area contributed by atoms with Gasteiger partial charge in [-0.25, -0.2) is 8.42 Å². The number of rotatable bonds is 2. The molecule has 1 fully saturated rings. The molecule has 1 heterocycles. The summed E-state index contributed by atoms with van der Waals surface area (Å²) < 4.78 is 32.7. The van der Waals surface area contributed by atoms with Crippen molar-refractivity contribution in [2.45, 2.75) is 50.2 Å². The maximum absolute atomic E-state index is 12.7. The molecule has 0 spiro atoms. The normalized spacial score (nSPS) is 27.5. The van der Waals surface area contributed by atoms with Crippen molar-refractivity contribution in [2.75, 3.05) is 13.1 Å². The summed E-state index contributed by atoms with van der Waals surface area (Å²) in [4.78, 5) is 0.430. The monoisotopic (exact) mass is 295 g/mol. The highest BCUT2D eigenvalue weighted by atomic mass is 32.2. The molecule has 0 unspecified atom stereocenters. The van der Waals surface area contributed by atoms with Crippen molar-refractivity contribution in [3.05, 3.63) is 29.3 Å². The number of hydrogen-bond donors (Lipinski definition) is 0. The first-order valence-electron chi connectivity index (χ1n) is 7.24. The second-order valence-electron chi connectivity index (χ2n) is 5.86. The van der Waals surface area contributed by atoms with E-state index in [-0.39, 0.29) is 12.2 Å². The zero-order chi connectivity index (χ0) is 14.3. The lowest BCUT2D eigenvalue weighted by atomic mass is 10.1. The fraction of sp³-hybridized carbons (Fsp3) is 0.600. The van der Waals surface area contributed by atoms with E-state index >= 15 is 0 Å². The van der Waals surface area contributed by atoms with Gasteiger partial charge < -0.3 is 4.74 Å². The highest BCUT2D eigenvalue weighted by Gasteiger charge is 2.32. The van der Waals surface area contributed by atoms with Crippen molar-refractivity contribution < 1.29 is 13.2 Å². The lowest BCUT2D eigenvalue weighted by Gasteiger charge is -2.34. The molecule has 110 valence electrons. The molecule has 20 heavy (non-hydrogen) atoms. The minimum absolute atomic E-state index is 0.0528. The lowest BCUT2D eigenvalue weighted by Crippen LogP contribution is -2.48. The van der Waals surface area contributed by atoms with E-state index in [1.807, 2.05) is 26.0 Å². The fourth-order valence-electron chi connectivity index (χ4n) is 3.18. The van der Waals surface area contributed by atoms with Gasteiger partial charge in [-0.15, -0.1) is 0 Å². The molecule has 0 amide bonds. The van der Waals surface area contributed by atoms with Crippen LogP contribution in [-0.2, 0) is 27.6 Å². The Morgan fingerprint density at radius 3 is 2.45 bits per heavy atom. The number of aryl methyl sites for hydroxylation is 2. The number of benzene rings is 1. The minimum atomic E-state index is -3.40. The van der Waals surface area contributed by atoms with Crippen LogP contribution in [-0.4, -0.2) is 38.0 Å². The third kappa shape index (κ3) is 2.50. The van der Waals surface area contributed by atoms with Gasteiger partial charge in [0.25, 0.3) is 0 Å². The molecule has 4 nitrogen and oxygen atoms in total. The largest absolute Gasteiger partial charge is 0.373 e. The summed E-state index contributed by atoms with van der Waals surface area (Å²) in [6.07, 6.45) is 3.09. The molecule has 1 saturated heterocycles. The summed E-state index contributed by atoms with van der Waals surface area (Å²) in [5, 5.41) is 0. The number of sulfonamides is 1. The van der Waals surface area contributed by atoms with Crippen LogP contribution in [0.2, 0.25) is 0 Å². The Morgan fingerprint density at radius 2 is 1.75 bits per heavy atom. The molecule has 0 N–H and O–H groups in total. The molecule has 1 aliphatic carbocycles. The van der Waals surface area contributed by atoms with Gasteiger partial charge in [-0.1, -0.05) is 6.07 Å². The minimum Gasteiger partial charge on any atom is -0.373 e. The fourth-order valence-corrected chi connectivity index (χ4v) is 4.83. The van der Waals surface area contributed by atoms with Gasteiger partial charge in [0.05, 0.1) is 17.1 Å². The van der Waals surface area contributed by atoms with Crippen LogP contribution in [0.25, 0.3) is 0 Å². The van der Waals surface area contributed by atoms with Crippen LogP contribution < -0.4 is 0 Å². The summed E-state index contributed by atoms with van der Waals surface area (Å²) in [6, 6.07) is 5.59. The van der Waals surface area contributed by atoms with Crippen LogP contribution in [0.15, 0.2) is 23.1 Å². The number of morpholine rings is 1. The summed E-state index contributed by atoms with van der Waals surface area (Å²) >= 11 is 0. The van der Waals surface area contributed by atoms with Crippen molar-refractivity contribution in [3.63, 3.8) is 0 Å². The molecule has 2 aliphatic rings. The molecule has 0 saturated carbocycles. The van der Waals surface area contributed by atoms with E-state index in [4.69, 9.17) is 4.74 Å². The molecule has 2 atom stereocenters. The first-order valence-corrected chi connectivity index (χ1v) is 8.68. The molecular weight excluding hydrogens is 274 g/mol. The van der Waals surface area contributed by atoms with E-state index in [9.17, 15) is 8.42 Å². The maximum Gasteiger partial charge on any atom is 0.243 e. The Labute approximate surface area is 120 Å². The standard InChI is InChI=1S/C15H21NO3S/c1-11-9-16(10-12(2)19-11)20(17,18)15-7-6-13-4-3-5-14(13)8-15/h6-8,11-12H,3-5,9-10H2,1-2H3/t11-,12+. The van der Waals surface area contributed by atoms with Crippen LogP contribution in [0.1, 0.15) is 31.4 Å². The van der Waals surface area contributed by atoms with Crippen molar-refractivity contribution in [2.24, 2.45) is 0 Å². The Balaban J connectivity index is 1.91. The van der Waals surface area contributed by atoms with E-state index in [0.717, 1.165) is 19.3 Å². The Hall–Kier alpha value is -0.910. The third-order valence-electron chi connectivity index (χ3n) is 4.09. The van der Waals surface area contributed by atoms with Crippen LogP contribution in [0.3, 0.4) is 0 Å². The number of nitrogens with zero attached hydrogens (tertiary/aromatic N) is 1. The second-order valence-corrected chi connectivity index (χ2v) is 7.80. The molecule has 0 aromatic heterocycles. The summed E-state index contributed by atoms with van der Waals surface area (Å²) in [7, 11) is -3.40. The zero-order valence-electron chi connectivity index (χ0n) is 12.0. The topological polar surface area (TPSA) is 46.6 Å². The van der Waals surface area contributed by atoms with Gasteiger partial charge in [0.2, 0.25) is 10.0 Å². The SMILES string of the molecule is C[C@@H]1CN(S(=O)(=O)c2ccc3c(c2)CCC3)C[C@H](C)O1. The van der Waals surface area contributed by atoms with Crippen LogP contribution in [0, 0.1) is 0 Å². The van der Waals surface area contributed by atoms with E-state index in [0.29, 0.717) is 18.0 Å². The van der Waals surface area contributed by atoms with E-state index < -0.39 is 10.0 Å². The highest BCUT2D eigenvalue weighted by molar-refractivity contribution is 7.89. The van der Waals surface area contributed by atoms with Crippen molar-refractivity contribution in [1.29, 1.82) is 0 Å². The van der Waals surface area contributed by atoms with Gasteiger partial charge >= 0.3 is 0 Å². The van der Waals surface area contributed by atoms with Crippen molar-refractivity contribution in [3.8, 4) is 0 Å². The Morgan fingerprint density at radius 1 is 1.10 bits per heavy atom. The summed E-state index contributed by atoms with van der Waals surface area (Å²) in [5.74, 6) is 0. The van der Waals surface area contributed by atoms with Gasteiger partial charge in [0.15, 0.2) is 0 Å². The summed E-state index contributed by atoms with van der Waals surface area (Å²) in [5.41, 5.74) is 2.49. The van der Waals surface area contributed by atoms with Gasteiger partial charge in [-0.05, 0) is 56.4 Å². The van der Waals surface area contributed by atoms with Gasteiger partial charge in [0, 0.05) is 13.1 Å². The predicted molar refractivity (Wildman–Crippen MR) is 77.2 cm³/mol. The number of hydrogen-bond acceptors (Lipinski definition) is 3. The van der Waals surface area contributed by atoms with Gasteiger partial charge in [0.1, 0.15) is 0 Å². The number of ether oxygens (including phenoxy) is 1. The molecular formula is C15H21NO3S. The molecule has 0 bridgehead atoms. The smallest absolute Gasteiger partial charge is 0.243 e. The van der Waals surface area contributed by atoms with Crippen molar-refractivity contribution >= 4 is 10.0 Å². The quantitative estimate of drug-likeness (QED) is 0.838. The van der Waals surface area contributed by atoms with E-state index in [2.05, 4.69) is 0 Å². The van der Waals surface area contributed by atoms with Gasteiger partial charge in [-0.2, -0.15) is 4.31 Å². The van der Waals surface area contributed by atoms with Crippen LogP contribution in [0.5, 0.6) is 0 Å². The second kappa shape index (κ2) is 5.13. The van der Waals surface area contributed by atoms with Gasteiger partial charge in [-0.3, -0.25) is 0 Å². The highest BCUT2D eigenvalue weighted by Crippen LogP contribution is 2.27. The van der Waals surface area contributed by atoms with E-state index in [1.54, 1.807) is 10.4 Å². The average Bonchev–Trinajstić information content (AvgIpc) is 2.84. The van der Waals surface area contributed by atoms with Crippen LogP contribution in [0.4, 0.5) is 0 Å². The molecule has 3 rings (SSSR count).